The number of amides is 2. The molecule has 2 aromatic rings. The maximum absolute atomic E-state index is 10.2. The number of benzene rings is 2. The van der Waals surface area contributed by atoms with Gasteiger partial charge in [-0.05, 0) is 60.4 Å². The zero-order valence-electron chi connectivity index (χ0n) is 12.2. The van der Waals surface area contributed by atoms with Gasteiger partial charge < -0.3 is 0 Å². The molecule has 0 aliphatic heterocycles. The molecule has 0 saturated heterocycles. The first-order valence-electron chi connectivity index (χ1n) is 6.56. The molecule has 0 unspecified atom stereocenters. The minimum absolute atomic E-state index is 0.406. The van der Waals surface area contributed by atoms with Crippen LogP contribution in [0.5, 0.6) is 0 Å². The summed E-state index contributed by atoms with van der Waals surface area (Å²) in [5, 5.41) is 14.3. The third kappa shape index (κ3) is 3.54. The molecule has 0 bridgehead atoms. The summed E-state index contributed by atoms with van der Waals surface area (Å²) in [6, 6.07) is 11.4. The minimum Gasteiger partial charge on any atom is -0.275 e. The molecule has 6 heteroatoms. The molecule has 0 atom stereocenters. The van der Waals surface area contributed by atoms with E-state index in [1.54, 1.807) is 0 Å². The van der Waals surface area contributed by atoms with Crippen molar-refractivity contribution < 1.29 is 9.59 Å². The molecule has 0 N–H and O–H groups in total. The highest BCUT2D eigenvalue weighted by molar-refractivity contribution is 5.70. The van der Waals surface area contributed by atoms with Crippen molar-refractivity contribution in [3.05, 3.63) is 47.5 Å². The summed E-state index contributed by atoms with van der Waals surface area (Å²) in [5.74, 6) is 0. The Morgan fingerprint density at radius 2 is 1.14 bits per heavy atom. The van der Waals surface area contributed by atoms with E-state index >= 15 is 0 Å². The van der Waals surface area contributed by atoms with Crippen LogP contribution in [0.3, 0.4) is 0 Å². The average molecular weight is 294 g/mol. The smallest absolute Gasteiger partial charge is 0.252 e. The topological polar surface area (TPSA) is 83.6 Å². The second-order valence-corrected chi connectivity index (χ2v) is 4.64. The average Bonchev–Trinajstić information content (AvgIpc) is 2.52. The third-order valence-electron chi connectivity index (χ3n) is 3.15. The number of nitrogens with zero attached hydrogens (tertiary/aromatic N) is 4. The van der Waals surface area contributed by atoms with Crippen molar-refractivity contribution in [3.63, 3.8) is 0 Å². The predicted molar refractivity (Wildman–Crippen MR) is 82.5 cm³/mol. The molecule has 0 spiro atoms. The Labute approximate surface area is 127 Å². The monoisotopic (exact) mass is 294 g/mol. The Hall–Kier alpha value is -3.02. The van der Waals surface area contributed by atoms with Gasteiger partial charge in [-0.2, -0.15) is 0 Å². The van der Waals surface area contributed by atoms with Gasteiger partial charge in [0.15, 0.2) is 0 Å². The lowest BCUT2D eigenvalue weighted by Gasteiger charge is -2.07. The van der Waals surface area contributed by atoms with E-state index in [1.807, 2.05) is 50.2 Å². The van der Waals surface area contributed by atoms with E-state index < -0.39 is 0 Å². The number of carbonyl (C=O) groups is 2. The van der Waals surface area contributed by atoms with Crippen LogP contribution < -0.4 is 0 Å². The first-order chi connectivity index (χ1) is 10.7. The largest absolute Gasteiger partial charge is 0.275 e. The van der Waals surface area contributed by atoms with Crippen LogP contribution in [0.2, 0.25) is 0 Å². The second-order valence-electron chi connectivity index (χ2n) is 4.64. The fourth-order valence-electron chi connectivity index (χ4n) is 2.07. The van der Waals surface area contributed by atoms with Gasteiger partial charge in [-0.25, -0.2) is 0 Å². The summed E-state index contributed by atoms with van der Waals surface area (Å²) in [4.78, 5) is 20.4. The van der Waals surface area contributed by atoms with Gasteiger partial charge in [-0.3, -0.25) is 9.59 Å². The van der Waals surface area contributed by atoms with Gasteiger partial charge in [-0.1, -0.05) is 12.1 Å². The van der Waals surface area contributed by atoms with Crippen LogP contribution in [-0.4, -0.2) is 12.8 Å². The number of hydrogen-bond acceptors (Lipinski definition) is 4. The maximum atomic E-state index is 10.2. The molecule has 2 aromatic carbocycles. The van der Waals surface area contributed by atoms with Gasteiger partial charge in [0.2, 0.25) is 0 Å². The molecule has 6 nitrogen and oxygen atoms in total. The van der Waals surface area contributed by atoms with Gasteiger partial charge >= 0.3 is 0 Å². The summed E-state index contributed by atoms with van der Waals surface area (Å²) >= 11 is 0. The van der Waals surface area contributed by atoms with Crippen LogP contribution in [0.15, 0.2) is 56.9 Å². The van der Waals surface area contributed by atoms with E-state index in [0.29, 0.717) is 24.2 Å². The summed E-state index contributed by atoms with van der Waals surface area (Å²) in [7, 11) is 0. The van der Waals surface area contributed by atoms with Gasteiger partial charge in [0.05, 0.1) is 11.4 Å². The van der Waals surface area contributed by atoms with E-state index in [2.05, 4.69) is 20.5 Å². The van der Waals surface area contributed by atoms with Gasteiger partial charge in [-0.15, -0.1) is 20.5 Å². The van der Waals surface area contributed by atoms with Crippen molar-refractivity contribution in [3.8, 4) is 11.1 Å². The van der Waals surface area contributed by atoms with Crippen LogP contribution in [0.25, 0.3) is 11.1 Å². The lowest BCUT2D eigenvalue weighted by atomic mass is 10.0. The Morgan fingerprint density at radius 3 is 1.45 bits per heavy atom. The van der Waals surface area contributed by atoms with Gasteiger partial charge in [0.25, 0.3) is 12.8 Å². The molecular weight excluding hydrogens is 280 g/mol. The molecule has 0 fully saturated rings. The van der Waals surface area contributed by atoms with Crippen LogP contribution in [0, 0.1) is 13.8 Å². The molecule has 0 aromatic heterocycles. The first-order valence-corrected chi connectivity index (χ1v) is 6.56. The van der Waals surface area contributed by atoms with Crippen molar-refractivity contribution in [2.75, 3.05) is 0 Å². The summed E-state index contributed by atoms with van der Waals surface area (Å²) in [6.45, 7) is 3.81. The lowest BCUT2D eigenvalue weighted by Crippen LogP contribution is -1.83. The van der Waals surface area contributed by atoms with Crippen LogP contribution >= 0.6 is 0 Å². The molecular formula is C16H14N4O2. The summed E-state index contributed by atoms with van der Waals surface area (Å²) in [5.41, 5.74) is 5.19. The number of azo groups is 2. The van der Waals surface area contributed by atoms with E-state index in [1.165, 1.54) is 0 Å². The zero-order valence-corrected chi connectivity index (χ0v) is 12.2. The SMILES string of the molecule is Cc1cc(-c2ccc(N=NC=O)c(C)c2)ccc1N=NC=O. The highest BCUT2D eigenvalue weighted by Crippen LogP contribution is 2.30. The third-order valence-corrected chi connectivity index (χ3v) is 3.15. The Morgan fingerprint density at radius 1 is 0.727 bits per heavy atom. The summed E-state index contributed by atoms with van der Waals surface area (Å²) in [6.07, 6.45) is 0.812. The molecule has 0 aliphatic rings. The number of rotatable bonds is 5. The minimum atomic E-state index is 0.406. The molecule has 2 rings (SSSR count). The number of hydrogen-bond donors (Lipinski definition) is 0. The normalized spacial score (nSPS) is 11.2. The fourth-order valence-corrected chi connectivity index (χ4v) is 2.07. The molecule has 2 amide bonds. The number of carbonyl (C=O) groups excluding carboxylic acids is 2. The van der Waals surface area contributed by atoms with Crippen molar-refractivity contribution in [2.24, 2.45) is 20.5 Å². The standard InChI is InChI=1S/C16H14N4O2/c1-11-7-13(3-5-15(11)19-17-9-21)14-4-6-16(12(2)8-14)20-18-10-22/h3-10H,1-2H3. The van der Waals surface area contributed by atoms with E-state index in [0.717, 1.165) is 22.3 Å². The Balaban J connectivity index is 2.36. The molecule has 0 aliphatic carbocycles. The van der Waals surface area contributed by atoms with Crippen molar-refractivity contribution >= 4 is 24.2 Å². The Kier molecular flexibility index (Phi) is 4.98. The van der Waals surface area contributed by atoms with Crippen molar-refractivity contribution in [2.45, 2.75) is 13.8 Å². The molecule has 0 heterocycles. The lowest BCUT2D eigenvalue weighted by molar-refractivity contribution is -0.107. The summed E-state index contributed by atoms with van der Waals surface area (Å²) < 4.78 is 0. The zero-order chi connectivity index (χ0) is 15.9. The van der Waals surface area contributed by atoms with E-state index in [4.69, 9.17) is 0 Å². The predicted octanol–water partition coefficient (Wildman–Crippen LogP) is 4.45. The maximum Gasteiger partial charge on any atom is 0.252 e. The molecule has 0 saturated carbocycles. The van der Waals surface area contributed by atoms with Crippen LogP contribution in [0.1, 0.15) is 11.1 Å². The first kappa shape index (κ1) is 15.4. The molecule has 0 radical (unpaired) electrons. The van der Waals surface area contributed by atoms with Gasteiger partial charge in [0, 0.05) is 0 Å². The van der Waals surface area contributed by atoms with Crippen LogP contribution in [-0.2, 0) is 9.59 Å². The van der Waals surface area contributed by atoms with E-state index in [-0.39, 0.29) is 0 Å². The van der Waals surface area contributed by atoms with Crippen molar-refractivity contribution in [1.29, 1.82) is 0 Å². The quantitative estimate of drug-likeness (QED) is 0.602. The molecule has 22 heavy (non-hydrogen) atoms. The fraction of sp³-hybridized carbons (Fsp3) is 0.125. The van der Waals surface area contributed by atoms with Gasteiger partial charge in [0.1, 0.15) is 0 Å². The molecule has 110 valence electrons. The number of aryl methyl sites for hydroxylation is 2. The highest BCUT2D eigenvalue weighted by Gasteiger charge is 2.04. The highest BCUT2D eigenvalue weighted by atomic mass is 16.1. The second kappa shape index (κ2) is 7.12. The Bertz CT molecular complexity index is 701. The van der Waals surface area contributed by atoms with E-state index in [9.17, 15) is 9.59 Å². The van der Waals surface area contributed by atoms with Crippen LogP contribution in [0.4, 0.5) is 11.4 Å². The van der Waals surface area contributed by atoms with Crippen molar-refractivity contribution in [1.82, 2.24) is 0 Å².